The van der Waals surface area contributed by atoms with Gasteiger partial charge in [0.05, 0.1) is 12.3 Å². The summed E-state index contributed by atoms with van der Waals surface area (Å²) in [6, 6.07) is 0. The predicted octanol–water partition coefficient (Wildman–Crippen LogP) is -1.22. The van der Waals surface area contributed by atoms with Crippen LogP contribution in [0.15, 0.2) is 0 Å². The summed E-state index contributed by atoms with van der Waals surface area (Å²) < 4.78 is 0. The highest BCUT2D eigenvalue weighted by atomic mass is 15.1. The van der Waals surface area contributed by atoms with E-state index in [4.69, 9.17) is 11.5 Å². The molecule has 0 aliphatic carbocycles. The van der Waals surface area contributed by atoms with Gasteiger partial charge in [0.15, 0.2) is 0 Å². The summed E-state index contributed by atoms with van der Waals surface area (Å²) in [5.41, 5.74) is 10.9. The highest BCUT2D eigenvalue weighted by Crippen LogP contribution is 1.66. The molecule has 0 aromatic carbocycles. The maximum atomic E-state index is 5.44. The van der Waals surface area contributed by atoms with Crippen LogP contribution in [0.1, 0.15) is 13.8 Å². The first-order chi connectivity index (χ1) is 4.63. The van der Waals surface area contributed by atoms with Crippen LogP contribution in [0.2, 0.25) is 0 Å². The molecule has 62 valence electrons. The predicted molar refractivity (Wildman–Crippen MR) is 43.3 cm³/mol. The minimum atomic E-state index is 0.0647. The van der Waals surface area contributed by atoms with Crippen molar-refractivity contribution in [3.63, 3.8) is 0 Å². The fourth-order valence-corrected chi connectivity index (χ4v) is 0.600. The van der Waals surface area contributed by atoms with Crippen LogP contribution in [0.25, 0.3) is 0 Å². The molecule has 2 atom stereocenters. The molecule has 4 heteroatoms. The quantitative estimate of drug-likeness (QED) is 0.289. The Morgan fingerprint density at radius 2 is 1.30 bits per heavy atom. The van der Waals surface area contributed by atoms with E-state index in [0.717, 1.165) is 13.1 Å². The zero-order valence-corrected chi connectivity index (χ0v) is 6.72. The third-order valence-corrected chi connectivity index (χ3v) is 1.06. The smallest absolute Gasteiger partial charge is 0.0517 e. The number of nitrogens with one attached hydrogen (secondary N) is 2. The van der Waals surface area contributed by atoms with Gasteiger partial charge in [0.1, 0.15) is 0 Å². The summed E-state index contributed by atoms with van der Waals surface area (Å²) in [7, 11) is 0. The Kier molecular flexibility index (Phi) is 5.52. The second-order valence-corrected chi connectivity index (χ2v) is 2.49. The molecular formula is C6H18N4. The van der Waals surface area contributed by atoms with Crippen molar-refractivity contribution in [3.05, 3.63) is 0 Å². The molecule has 6 N–H and O–H groups in total. The minimum absolute atomic E-state index is 0.0647. The van der Waals surface area contributed by atoms with Crippen LogP contribution < -0.4 is 22.1 Å². The van der Waals surface area contributed by atoms with Crippen LogP contribution >= 0.6 is 0 Å². The summed E-state index contributed by atoms with van der Waals surface area (Å²) in [4.78, 5) is 0. The number of nitrogens with two attached hydrogens (primary N) is 2. The van der Waals surface area contributed by atoms with E-state index in [-0.39, 0.29) is 12.3 Å². The van der Waals surface area contributed by atoms with E-state index in [1.54, 1.807) is 0 Å². The van der Waals surface area contributed by atoms with Gasteiger partial charge in [-0.1, -0.05) is 0 Å². The average molecular weight is 146 g/mol. The van der Waals surface area contributed by atoms with Crippen molar-refractivity contribution in [3.8, 4) is 0 Å². The van der Waals surface area contributed by atoms with Crippen LogP contribution in [0, 0.1) is 0 Å². The summed E-state index contributed by atoms with van der Waals surface area (Å²) in [6.07, 6.45) is 0.129. The molecule has 2 unspecified atom stereocenters. The highest BCUT2D eigenvalue weighted by Gasteiger charge is 1.92. The lowest BCUT2D eigenvalue weighted by molar-refractivity contribution is 0.507. The number of rotatable bonds is 5. The van der Waals surface area contributed by atoms with E-state index in [1.165, 1.54) is 0 Å². The largest absolute Gasteiger partial charge is 0.316 e. The second-order valence-electron chi connectivity index (χ2n) is 2.49. The van der Waals surface area contributed by atoms with Crippen molar-refractivity contribution in [2.45, 2.75) is 26.2 Å². The van der Waals surface area contributed by atoms with Crippen molar-refractivity contribution in [2.75, 3.05) is 13.1 Å². The normalized spacial score (nSPS) is 16.8. The molecule has 0 aliphatic rings. The van der Waals surface area contributed by atoms with Crippen molar-refractivity contribution in [1.29, 1.82) is 0 Å². The highest BCUT2D eigenvalue weighted by molar-refractivity contribution is 4.56. The zero-order valence-electron chi connectivity index (χ0n) is 6.72. The van der Waals surface area contributed by atoms with Gasteiger partial charge in [0.25, 0.3) is 0 Å². The molecule has 0 heterocycles. The molecule has 0 fully saturated rings. The second kappa shape index (κ2) is 5.61. The molecule has 0 aromatic rings. The van der Waals surface area contributed by atoms with Gasteiger partial charge >= 0.3 is 0 Å². The first-order valence-corrected chi connectivity index (χ1v) is 3.61. The molecule has 0 amide bonds. The van der Waals surface area contributed by atoms with E-state index >= 15 is 0 Å². The number of hydrogen-bond donors (Lipinski definition) is 4. The summed E-state index contributed by atoms with van der Waals surface area (Å²) in [6.45, 7) is 5.54. The lowest BCUT2D eigenvalue weighted by atomic mass is 10.5. The molecule has 0 radical (unpaired) electrons. The molecule has 0 aromatic heterocycles. The van der Waals surface area contributed by atoms with Gasteiger partial charge < -0.3 is 22.1 Å². The Morgan fingerprint density at radius 3 is 1.50 bits per heavy atom. The Morgan fingerprint density at radius 1 is 1.00 bits per heavy atom. The Bertz CT molecular complexity index is 62.1. The molecule has 0 bridgehead atoms. The Balaban J connectivity index is 2.91. The van der Waals surface area contributed by atoms with Crippen LogP contribution in [-0.2, 0) is 0 Å². The van der Waals surface area contributed by atoms with Gasteiger partial charge in [0.2, 0.25) is 0 Å². The maximum Gasteiger partial charge on any atom is 0.0517 e. The molecule has 0 spiro atoms. The van der Waals surface area contributed by atoms with E-state index in [1.807, 2.05) is 13.8 Å². The third kappa shape index (κ3) is 7.84. The molecule has 4 nitrogen and oxygen atoms in total. The van der Waals surface area contributed by atoms with Crippen molar-refractivity contribution in [1.82, 2.24) is 10.6 Å². The van der Waals surface area contributed by atoms with Crippen LogP contribution in [-0.4, -0.2) is 25.4 Å². The van der Waals surface area contributed by atoms with E-state index < -0.39 is 0 Å². The Labute approximate surface area is 62.3 Å². The average Bonchev–Trinajstić information content (AvgIpc) is 1.79. The minimum Gasteiger partial charge on any atom is -0.316 e. The zero-order chi connectivity index (χ0) is 7.98. The standard InChI is InChI=1S/C6H18N4/c1-5(7)9-3-4-10-6(2)8/h5-6,9-10H,3-4,7-8H2,1-2H3. The molecule has 0 saturated heterocycles. The summed E-state index contributed by atoms with van der Waals surface area (Å²) >= 11 is 0. The Hall–Kier alpha value is -0.160. The van der Waals surface area contributed by atoms with Crippen molar-refractivity contribution >= 4 is 0 Å². The molecule has 0 aliphatic heterocycles. The van der Waals surface area contributed by atoms with Crippen LogP contribution in [0.5, 0.6) is 0 Å². The van der Waals surface area contributed by atoms with Gasteiger partial charge in [-0.05, 0) is 13.8 Å². The van der Waals surface area contributed by atoms with E-state index in [2.05, 4.69) is 10.6 Å². The first-order valence-electron chi connectivity index (χ1n) is 3.61. The van der Waals surface area contributed by atoms with Gasteiger partial charge in [-0.15, -0.1) is 0 Å². The summed E-state index contributed by atoms with van der Waals surface area (Å²) in [5, 5.41) is 6.12. The van der Waals surface area contributed by atoms with Gasteiger partial charge in [-0.2, -0.15) is 0 Å². The van der Waals surface area contributed by atoms with Crippen molar-refractivity contribution < 1.29 is 0 Å². The van der Waals surface area contributed by atoms with Gasteiger partial charge in [0, 0.05) is 13.1 Å². The summed E-state index contributed by atoms with van der Waals surface area (Å²) in [5.74, 6) is 0. The first kappa shape index (κ1) is 9.84. The topological polar surface area (TPSA) is 76.1 Å². The molecule has 0 saturated carbocycles. The van der Waals surface area contributed by atoms with Crippen molar-refractivity contribution in [2.24, 2.45) is 11.5 Å². The van der Waals surface area contributed by atoms with Crippen LogP contribution in [0.3, 0.4) is 0 Å². The maximum absolute atomic E-state index is 5.44. The van der Waals surface area contributed by atoms with E-state index in [9.17, 15) is 0 Å². The lowest BCUT2D eigenvalue weighted by Gasteiger charge is -2.10. The third-order valence-electron chi connectivity index (χ3n) is 1.06. The van der Waals surface area contributed by atoms with Gasteiger partial charge in [-0.25, -0.2) is 0 Å². The fraction of sp³-hybridized carbons (Fsp3) is 1.00. The molecular weight excluding hydrogens is 128 g/mol. The van der Waals surface area contributed by atoms with Crippen LogP contribution in [0.4, 0.5) is 0 Å². The molecule has 10 heavy (non-hydrogen) atoms. The van der Waals surface area contributed by atoms with E-state index in [0.29, 0.717) is 0 Å². The van der Waals surface area contributed by atoms with Gasteiger partial charge in [-0.3, -0.25) is 0 Å². The SMILES string of the molecule is CC(N)NCCNC(C)N. The fourth-order valence-electron chi connectivity index (χ4n) is 0.600. The lowest BCUT2D eigenvalue weighted by Crippen LogP contribution is -2.42. The number of hydrogen-bond acceptors (Lipinski definition) is 4. The monoisotopic (exact) mass is 146 g/mol. The molecule has 0 rings (SSSR count).